The number of nitrogens with one attached hydrogen (secondary N) is 2. The molecule has 0 bridgehead atoms. The summed E-state index contributed by atoms with van der Waals surface area (Å²) in [7, 11) is 3.32. The predicted octanol–water partition coefficient (Wildman–Crippen LogP) is 2.60. The second-order valence-electron chi connectivity index (χ2n) is 3.96. The highest BCUT2D eigenvalue weighted by Crippen LogP contribution is 2.30. The van der Waals surface area contributed by atoms with Gasteiger partial charge in [-0.25, -0.2) is 0 Å². The maximum Gasteiger partial charge on any atom is 0.124 e. The Morgan fingerprint density at radius 3 is 2.72 bits per heavy atom. The van der Waals surface area contributed by atoms with E-state index in [1.54, 1.807) is 20.4 Å². The van der Waals surface area contributed by atoms with Gasteiger partial charge < -0.3 is 14.8 Å². The van der Waals surface area contributed by atoms with Crippen molar-refractivity contribution in [1.29, 1.82) is 0 Å². The van der Waals surface area contributed by atoms with Crippen LogP contribution in [0.2, 0.25) is 0 Å². The normalized spacial score (nSPS) is 11.9. The van der Waals surface area contributed by atoms with Gasteiger partial charge >= 0.3 is 0 Å². The van der Waals surface area contributed by atoms with Crippen molar-refractivity contribution >= 4 is 5.69 Å². The summed E-state index contributed by atoms with van der Waals surface area (Å²) >= 11 is 0. The number of methoxy groups -OCH3 is 2. The fraction of sp³-hybridized carbons (Fsp3) is 0.308. The lowest BCUT2D eigenvalue weighted by Gasteiger charge is -2.18. The van der Waals surface area contributed by atoms with Gasteiger partial charge in [-0.1, -0.05) is 0 Å². The zero-order valence-electron chi connectivity index (χ0n) is 10.7. The minimum Gasteiger partial charge on any atom is -0.497 e. The van der Waals surface area contributed by atoms with E-state index in [-0.39, 0.29) is 6.04 Å². The van der Waals surface area contributed by atoms with Crippen molar-refractivity contribution in [2.45, 2.75) is 13.0 Å². The number of anilines is 1. The molecule has 2 aromatic rings. The summed E-state index contributed by atoms with van der Waals surface area (Å²) in [5.41, 5.74) is 1.98. The third-order valence-corrected chi connectivity index (χ3v) is 2.78. The fourth-order valence-corrected chi connectivity index (χ4v) is 1.84. The molecule has 18 heavy (non-hydrogen) atoms. The van der Waals surface area contributed by atoms with Gasteiger partial charge in [0.15, 0.2) is 0 Å². The molecule has 0 fully saturated rings. The second kappa shape index (κ2) is 5.44. The molecular weight excluding hydrogens is 230 g/mol. The van der Waals surface area contributed by atoms with Crippen LogP contribution in [0.3, 0.4) is 0 Å². The molecule has 1 aromatic carbocycles. The molecular formula is C13H17N3O2. The second-order valence-corrected chi connectivity index (χ2v) is 3.96. The van der Waals surface area contributed by atoms with Crippen LogP contribution >= 0.6 is 0 Å². The first-order valence-corrected chi connectivity index (χ1v) is 5.72. The summed E-state index contributed by atoms with van der Waals surface area (Å²) in [6, 6.07) is 5.85. The number of hydrogen-bond acceptors (Lipinski definition) is 4. The van der Waals surface area contributed by atoms with Crippen molar-refractivity contribution in [2.75, 3.05) is 19.5 Å². The van der Waals surface area contributed by atoms with Gasteiger partial charge in [0.1, 0.15) is 11.5 Å². The van der Waals surface area contributed by atoms with Crippen LogP contribution in [-0.2, 0) is 0 Å². The quantitative estimate of drug-likeness (QED) is 0.852. The maximum absolute atomic E-state index is 5.37. The smallest absolute Gasteiger partial charge is 0.124 e. The van der Waals surface area contributed by atoms with Gasteiger partial charge in [0.25, 0.3) is 0 Å². The molecule has 0 aliphatic carbocycles. The first-order chi connectivity index (χ1) is 8.74. The van der Waals surface area contributed by atoms with E-state index in [4.69, 9.17) is 9.47 Å². The van der Waals surface area contributed by atoms with Crippen molar-refractivity contribution in [3.8, 4) is 11.5 Å². The Morgan fingerprint density at radius 1 is 1.28 bits per heavy atom. The highest BCUT2D eigenvalue weighted by molar-refractivity contribution is 5.47. The van der Waals surface area contributed by atoms with Crippen molar-refractivity contribution in [3.63, 3.8) is 0 Å². The van der Waals surface area contributed by atoms with Gasteiger partial charge in [0.2, 0.25) is 0 Å². The molecule has 5 nitrogen and oxygen atoms in total. The summed E-state index contributed by atoms with van der Waals surface area (Å²) in [5, 5.41) is 10.0. The molecule has 2 rings (SSSR count). The molecule has 1 unspecified atom stereocenters. The minimum absolute atomic E-state index is 0.0904. The topological polar surface area (TPSA) is 59.2 Å². The highest BCUT2D eigenvalue weighted by atomic mass is 16.5. The zero-order chi connectivity index (χ0) is 13.0. The van der Waals surface area contributed by atoms with E-state index in [2.05, 4.69) is 22.4 Å². The van der Waals surface area contributed by atoms with Crippen molar-refractivity contribution < 1.29 is 9.47 Å². The van der Waals surface area contributed by atoms with Gasteiger partial charge in [-0.3, -0.25) is 5.10 Å². The standard InChI is InChI=1S/C13H17N3O2/c1-9(16-10-7-14-15-8-10)12-6-11(17-2)4-5-13(12)18-3/h4-9,16H,1-3H3,(H,14,15). The molecule has 5 heteroatoms. The number of ether oxygens (including phenoxy) is 2. The molecule has 0 saturated carbocycles. The van der Waals surface area contributed by atoms with E-state index < -0.39 is 0 Å². The van der Waals surface area contributed by atoms with Gasteiger partial charge in [-0.2, -0.15) is 5.10 Å². The van der Waals surface area contributed by atoms with Crippen LogP contribution in [-0.4, -0.2) is 24.4 Å². The molecule has 0 amide bonds. The number of aromatic amines is 1. The zero-order valence-corrected chi connectivity index (χ0v) is 10.7. The molecule has 2 N–H and O–H groups in total. The van der Waals surface area contributed by atoms with Crippen molar-refractivity contribution in [2.24, 2.45) is 0 Å². The monoisotopic (exact) mass is 247 g/mol. The summed E-state index contributed by atoms with van der Waals surface area (Å²) in [5.74, 6) is 1.64. The number of benzene rings is 1. The molecule has 0 saturated heterocycles. The number of aromatic nitrogens is 2. The summed E-state index contributed by atoms with van der Waals surface area (Å²) in [6.07, 6.45) is 3.55. The molecule has 96 valence electrons. The van der Waals surface area contributed by atoms with E-state index >= 15 is 0 Å². The van der Waals surface area contributed by atoms with Gasteiger partial charge in [0, 0.05) is 11.8 Å². The van der Waals surface area contributed by atoms with Gasteiger partial charge in [-0.15, -0.1) is 0 Å². The molecule has 0 aliphatic heterocycles. The van der Waals surface area contributed by atoms with Gasteiger partial charge in [0.05, 0.1) is 32.1 Å². The molecule has 1 heterocycles. The Morgan fingerprint density at radius 2 is 2.11 bits per heavy atom. The number of rotatable bonds is 5. The van der Waals surface area contributed by atoms with Crippen LogP contribution in [0.25, 0.3) is 0 Å². The summed E-state index contributed by atoms with van der Waals surface area (Å²) in [6.45, 7) is 2.06. The van der Waals surface area contributed by atoms with Crippen LogP contribution in [0, 0.1) is 0 Å². The first-order valence-electron chi connectivity index (χ1n) is 5.72. The van der Waals surface area contributed by atoms with Gasteiger partial charge in [-0.05, 0) is 25.1 Å². The Bertz CT molecular complexity index is 497. The van der Waals surface area contributed by atoms with Crippen molar-refractivity contribution in [3.05, 3.63) is 36.2 Å². The fourth-order valence-electron chi connectivity index (χ4n) is 1.84. The Balaban J connectivity index is 2.24. The van der Waals surface area contributed by atoms with Crippen LogP contribution < -0.4 is 14.8 Å². The maximum atomic E-state index is 5.37. The Hall–Kier alpha value is -2.17. The lowest BCUT2D eigenvalue weighted by atomic mass is 10.1. The summed E-state index contributed by atoms with van der Waals surface area (Å²) in [4.78, 5) is 0. The first kappa shape index (κ1) is 12.3. The predicted molar refractivity (Wildman–Crippen MR) is 70.2 cm³/mol. The van der Waals surface area contributed by atoms with E-state index in [0.29, 0.717) is 0 Å². The van der Waals surface area contributed by atoms with E-state index in [9.17, 15) is 0 Å². The number of hydrogen-bond donors (Lipinski definition) is 2. The Labute approximate surface area is 106 Å². The average molecular weight is 247 g/mol. The Kier molecular flexibility index (Phi) is 3.72. The van der Waals surface area contributed by atoms with E-state index in [1.807, 2.05) is 24.4 Å². The minimum atomic E-state index is 0.0904. The van der Waals surface area contributed by atoms with Crippen LogP contribution in [0.1, 0.15) is 18.5 Å². The highest BCUT2D eigenvalue weighted by Gasteiger charge is 2.13. The lowest BCUT2D eigenvalue weighted by molar-refractivity contribution is 0.397. The van der Waals surface area contributed by atoms with E-state index in [0.717, 1.165) is 22.7 Å². The summed E-state index contributed by atoms with van der Waals surface area (Å²) < 4.78 is 10.6. The van der Waals surface area contributed by atoms with Crippen LogP contribution in [0.4, 0.5) is 5.69 Å². The SMILES string of the molecule is COc1ccc(OC)c(C(C)Nc2cn[nH]c2)c1. The largest absolute Gasteiger partial charge is 0.497 e. The average Bonchev–Trinajstić information content (AvgIpc) is 2.90. The lowest BCUT2D eigenvalue weighted by Crippen LogP contribution is -2.08. The molecule has 1 aromatic heterocycles. The van der Waals surface area contributed by atoms with Crippen molar-refractivity contribution in [1.82, 2.24) is 10.2 Å². The number of H-pyrrole nitrogens is 1. The molecule has 0 aliphatic rings. The molecule has 0 spiro atoms. The van der Waals surface area contributed by atoms with E-state index in [1.165, 1.54) is 0 Å². The molecule has 0 radical (unpaired) electrons. The number of nitrogens with zero attached hydrogens (tertiary/aromatic N) is 1. The third kappa shape index (κ3) is 2.56. The van der Waals surface area contributed by atoms with Crippen LogP contribution in [0.5, 0.6) is 11.5 Å². The van der Waals surface area contributed by atoms with Crippen LogP contribution in [0.15, 0.2) is 30.6 Å². The molecule has 1 atom stereocenters. The third-order valence-electron chi connectivity index (χ3n) is 2.78.